The number of nitrogens with one attached hydrogen (secondary N) is 1. The van der Waals surface area contributed by atoms with Gasteiger partial charge in [0, 0.05) is 13.1 Å². The number of aryl methyl sites for hydroxylation is 1. The number of hydrogen-bond acceptors (Lipinski definition) is 6. The van der Waals surface area contributed by atoms with Crippen LogP contribution in [0.4, 0.5) is 5.82 Å². The largest absolute Gasteiger partial charge is 0.493 e. The average molecular weight is 373 g/mol. The molecule has 1 N–H and O–H groups in total. The summed E-state index contributed by atoms with van der Waals surface area (Å²) in [5.74, 6) is 1.14. The number of benzene rings is 1. The fraction of sp³-hybridized carbons (Fsp3) is 0.316. The third kappa shape index (κ3) is 5.88. The van der Waals surface area contributed by atoms with Crippen LogP contribution in [0.3, 0.4) is 0 Å². The van der Waals surface area contributed by atoms with Crippen LogP contribution in [0.5, 0.6) is 11.5 Å². The number of allylic oxidation sites excluding steroid dienone is 1. The molecule has 0 bridgehead atoms. The molecular weight excluding hydrogens is 350 g/mol. The lowest BCUT2D eigenvalue weighted by Crippen LogP contribution is -2.37. The lowest BCUT2D eigenvalue weighted by Gasteiger charge is -2.17. The van der Waals surface area contributed by atoms with Gasteiger partial charge in [0.15, 0.2) is 23.9 Å². The van der Waals surface area contributed by atoms with Crippen molar-refractivity contribution in [1.29, 1.82) is 0 Å². The Balaban J connectivity index is 1.88. The van der Waals surface area contributed by atoms with Gasteiger partial charge >= 0.3 is 0 Å². The molecule has 1 heterocycles. The summed E-state index contributed by atoms with van der Waals surface area (Å²) in [5, 5.41) is 6.22. The summed E-state index contributed by atoms with van der Waals surface area (Å²) in [4.78, 5) is 25.4. The molecule has 0 aliphatic carbocycles. The maximum absolute atomic E-state index is 12.2. The van der Waals surface area contributed by atoms with Gasteiger partial charge in [-0.25, -0.2) is 0 Å². The number of aromatic nitrogens is 1. The van der Waals surface area contributed by atoms with E-state index in [2.05, 4.69) is 10.5 Å². The van der Waals surface area contributed by atoms with Crippen LogP contribution in [0.2, 0.25) is 0 Å². The number of likely N-dealkylation sites (N-methyl/N-ethyl adjacent to an activating group) is 1. The summed E-state index contributed by atoms with van der Waals surface area (Å²) in [5.41, 5.74) is 0.963. The van der Waals surface area contributed by atoms with Crippen LogP contribution < -0.4 is 14.8 Å². The molecule has 0 fully saturated rings. The van der Waals surface area contributed by atoms with Crippen LogP contribution in [0.25, 0.3) is 6.08 Å². The molecule has 1 aromatic heterocycles. The number of amides is 2. The number of carbonyl (C=O) groups is 2. The van der Waals surface area contributed by atoms with Crippen molar-refractivity contribution in [2.45, 2.75) is 13.8 Å². The topological polar surface area (TPSA) is 93.9 Å². The van der Waals surface area contributed by atoms with Gasteiger partial charge in [-0.15, -0.1) is 0 Å². The van der Waals surface area contributed by atoms with E-state index in [1.54, 1.807) is 19.1 Å². The summed E-state index contributed by atoms with van der Waals surface area (Å²) in [6, 6.07) is 7.00. The molecule has 0 atom stereocenters. The quantitative estimate of drug-likeness (QED) is 0.764. The number of hydrogen-bond donors (Lipinski definition) is 1. The molecule has 0 saturated heterocycles. The molecule has 8 nitrogen and oxygen atoms in total. The fourth-order valence-electron chi connectivity index (χ4n) is 2.26. The minimum Gasteiger partial charge on any atom is -0.493 e. The zero-order chi connectivity index (χ0) is 19.8. The molecule has 2 rings (SSSR count). The summed E-state index contributed by atoms with van der Waals surface area (Å²) in [6.45, 7) is 3.29. The van der Waals surface area contributed by atoms with Gasteiger partial charge in [0.25, 0.3) is 5.91 Å². The Kier molecular flexibility index (Phi) is 6.99. The van der Waals surface area contributed by atoms with E-state index in [9.17, 15) is 9.59 Å². The van der Waals surface area contributed by atoms with E-state index in [4.69, 9.17) is 14.0 Å². The molecule has 144 valence electrons. The zero-order valence-corrected chi connectivity index (χ0v) is 15.8. The zero-order valence-electron chi connectivity index (χ0n) is 15.8. The van der Waals surface area contributed by atoms with E-state index in [-0.39, 0.29) is 25.0 Å². The second-order valence-corrected chi connectivity index (χ2v) is 5.82. The van der Waals surface area contributed by atoms with Crippen LogP contribution in [0.15, 0.2) is 34.9 Å². The van der Waals surface area contributed by atoms with Crippen molar-refractivity contribution in [3.8, 4) is 11.5 Å². The van der Waals surface area contributed by atoms with E-state index in [0.29, 0.717) is 23.1 Å². The molecule has 2 aromatic rings. The Hall–Kier alpha value is -3.29. The number of ether oxygens (including phenoxy) is 2. The second-order valence-electron chi connectivity index (χ2n) is 5.82. The highest BCUT2D eigenvalue weighted by Gasteiger charge is 2.16. The van der Waals surface area contributed by atoms with Crippen LogP contribution in [0.1, 0.15) is 18.2 Å². The van der Waals surface area contributed by atoms with Crippen molar-refractivity contribution in [2.75, 3.05) is 32.6 Å². The van der Waals surface area contributed by atoms with E-state index >= 15 is 0 Å². The highest BCUT2D eigenvalue weighted by Crippen LogP contribution is 2.28. The maximum atomic E-state index is 12.2. The molecule has 0 unspecified atom stereocenters. The third-order valence-electron chi connectivity index (χ3n) is 3.60. The van der Waals surface area contributed by atoms with Crippen molar-refractivity contribution in [2.24, 2.45) is 0 Å². The first-order valence-corrected chi connectivity index (χ1v) is 8.33. The Morgan fingerprint density at radius 3 is 2.70 bits per heavy atom. The normalized spacial score (nSPS) is 10.7. The summed E-state index contributed by atoms with van der Waals surface area (Å²) < 4.78 is 15.7. The Morgan fingerprint density at radius 2 is 2.07 bits per heavy atom. The highest BCUT2D eigenvalue weighted by molar-refractivity contribution is 5.93. The van der Waals surface area contributed by atoms with Crippen molar-refractivity contribution < 1.29 is 23.6 Å². The Labute approximate surface area is 157 Å². The first kappa shape index (κ1) is 20.0. The minimum absolute atomic E-state index is 0.133. The van der Waals surface area contributed by atoms with Crippen LogP contribution >= 0.6 is 0 Å². The SMILES string of the molecule is C/C=C/c1ccc(OCC(=O)N(C)CC(=O)Nc2cc(C)on2)c(OC)c1. The van der Waals surface area contributed by atoms with E-state index in [1.807, 2.05) is 31.2 Å². The molecule has 0 spiro atoms. The molecule has 0 aliphatic rings. The number of anilines is 1. The molecule has 0 radical (unpaired) electrons. The fourth-order valence-corrected chi connectivity index (χ4v) is 2.26. The van der Waals surface area contributed by atoms with E-state index < -0.39 is 0 Å². The van der Waals surface area contributed by atoms with Gasteiger partial charge in [-0.3, -0.25) is 9.59 Å². The standard InChI is InChI=1S/C19H23N3O5/c1-5-6-14-7-8-15(16(10-14)25-4)26-12-19(24)22(3)11-18(23)20-17-9-13(2)27-21-17/h5-10H,11-12H2,1-4H3,(H,20,21,23)/b6-5+. The van der Waals surface area contributed by atoms with Crippen LogP contribution in [-0.2, 0) is 9.59 Å². The van der Waals surface area contributed by atoms with Gasteiger partial charge in [-0.1, -0.05) is 23.4 Å². The number of rotatable bonds is 8. The predicted molar refractivity (Wildman–Crippen MR) is 101 cm³/mol. The number of carbonyl (C=O) groups excluding carboxylic acids is 2. The van der Waals surface area contributed by atoms with Gasteiger partial charge in [-0.05, 0) is 31.5 Å². The van der Waals surface area contributed by atoms with E-state index in [0.717, 1.165) is 5.56 Å². The van der Waals surface area contributed by atoms with Gasteiger partial charge in [-0.2, -0.15) is 0 Å². The molecule has 0 aliphatic heterocycles. The maximum Gasteiger partial charge on any atom is 0.260 e. The molecule has 2 amide bonds. The van der Waals surface area contributed by atoms with E-state index in [1.165, 1.54) is 19.1 Å². The van der Waals surface area contributed by atoms with Gasteiger partial charge in [0.1, 0.15) is 5.76 Å². The smallest absolute Gasteiger partial charge is 0.260 e. The summed E-state index contributed by atoms with van der Waals surface area (Å²) in [7, 11) is 3.05. The molecule has 27 heavy (non-hydrogen) atoms. The second kappa shape index (κ2) is 9.42. The Bertz CT molecular complexity index is 829. The van der Waals surface area contributed by atoms with Crippen molar-refractivity contribution in [3.63, 3.8) is 0 Å². The summed E-state index contributed by atoms with van der Waals surface area (Å²) >= 11 is 0. The number of methoxy groups -OCH3 is 1. The number of nitrogens with zero attached hydrogens (tertiary/aromatic N) is 2. The highest BCUT2D eigenvalue weighted by atomic mass is 16.5. The van der Waals surface area contributed by atoms with Crippen molar-refractivity contribution in [1.82, 2.24) is 10.1 Å². The molecule has 0 saturated carbocycles. The first-order valence-electron chi connectivity index (χ1n) is 8.33. The van der Waals surface area contributed by atoms with Crippen molar-refractivity contribution >= 4 is 23.7 Å². The van der Waals surface area contributed by atoms with Gasteiger partial charge in [0.05, 0.1) is 13.7 Å². The predicted octanol–water partition coefficient (Wildman–Crippen LogP) is 2.50. The third-order valence-corrected chi connectivity index (χ3v) is 3.60. The lowest BCUT2D eigenvalue weighted by molar-refractivity contribution is -0.135. The average Bonchev–Trinajstić information content (AvgIpc) is 3.04. The molecular formula is C19H23N3O5. The van der Waals surface area contributed by atoms with Gasteiger partial charge in [0.2, 0.25) is 5.91 Å². The van der Waals surface area contributed by atoms with Crippen LogP contribution in [-0.4, -0.2) is 49.2 Å². The summed E-state index contributed by atoms with van der Waals surface area (Å²) in [6.07, 6.45) is 3.85. The Morgan fingerprint density at radius 1 is 1.30 bits per heavy atom. The molecule has 8 heteroatoms. The van der Waals surface area contributed by atoms with Gasteiger partial charge < -0.3 is 24.2 Å². The minimum atomic E-state index is -0.382. The molecule has 1 aromatic carbocycles. The lowest BCUT2D eigenvalue weighted by atomic mass is 10.2. The van der Waals surface area contributed by atoms with Crippen molar-refractivity contribution in [3.05, 3.63) is 41.7 Å². The first-order chi connectivity index (χ1) is 12.9. The monoisotopic (exact) mass is 373 g/mol. The van der Waals surface area contributed by atoms with Crippen LogP contribution in [0, 0.1) is 6.92 Å².